The Hall–Kier alpha value is -2.32. The Morgan fingerprint density at radius 1 is 1.31 bits per heavy atom. The highest BCUT2D eigenvalue weighted by Crippen LogP contribution is 2.26. The normalized spacial score (nSPS) is 21.5. The summed E-state index contributed by atoms with van der Waals surface area (Å²) in [5.41, 5.74) is 2.29. The summed E-state index contributed by atoms with van der Waals surface area (Å²) in [6.45, 7) is 4.39. The molecule has 3 aromatic rings. The van der Waals surface area contributed by atoms with Crippen LogP contribution in [0.2, 0.25) is 0 Å². The molecule has 1 fully saturated rings. The van der Waals surface area contributed by atoms with Crippen molar-refractivity contribution in [3.63, 3.8) is 0 Å². The average molecular weight is 355 g/mol. The van der Waals surface area contributed by atoms with E-state index in [1.807, 2.05) is 36.5 Å². The number of pyridine rings is 1. The van der Waals surface area contributed by atoms with Crippen LogP contribution in [0.25, 0.3) is 11.0 Å². The van der Waals surface area contributed by atoms with Crippen LogP contribution < -0.4 is 0 Å². The molecule has 1 aliphatic heterocycles. The number of nitrogens with zero attached hydrogens (tertiary/aromatic N) is 7. The average Bonchev–Trinajstić information content (AvgIpc) is 3.11. The fourth-order valence-electron chi connectivity index (χ4n) is 3.94. The Morgan fingerprint density at radius 2 is 2.15 bits per heavy atom. The van der Waals surface area contributed by atoms with Crippen LogP contribution >= 0.6 is 0 Å². The van der Waals surface area contributed by atoms with E-state index in [1.165, 1.54) is 0 Å². The van der Waals surface area contributed by atoms with E-state index in [2.05, 4.69) is 31.2 Å². The zero-order valence-electron chi connectivity index (χ0n) is 15.6. The first-order valence-electron chi connectivity index (χ1n) is 8.99. The van der Waals surface area contributed by atoms with Gasteiger partial charge in [-0.05, 0) is 37.9 Å². The van der Waals surface area contributed by atoms with Gasteiger partial charge in [-0.1, -0.05) is 0 Å². The number of likely N-dealkylation sites (tertiary alicyclic amines) is 1. The maximum absolute atomic E-state index is 11.1. The summed E-state index contributed by atoms with van der Waals surface area (Å²) in [5, 5.41) is 24.7. The Morgan fingerprint density at radius 3 is 2.92 bits per heavy atom. The van der Waals surface area contributed by atoms with E-state index in [0.29, 0.717) is 13.0 Å². The van der Waals surface area contributed by atoms with Crippen LogP contribution in [0, 0.1) is 6.92 Å². The molecular weight excluding hydrogens is 330 g/mol. The number of piperidine rings is 1. The zero-order chi connectivity index (χ0) is 18.3. The van der Waals surface area contributed by atoms with E-state index in [0.717, 1.165) is 54.0 Å². The Kier molecular flexibility index (Phi) is 4.24. The van der Waals surface area contributed by atoms with Gasteiger partial charge in [-0.2, -0.15) is 5.10 Å². The molecule has 138 valence electrons. The lowest BCUT2D eigenvalue weighted by Gasteiger charge is -2.39. The Balaban J connectivity index is 1.49. The van der Waals surface area contributed by atoms with E-state index < -0.39 is 5.60 Å². The minimum absolute atomic E-state index is 0.527. The van der Waals surface area contributed by atoms with Gasteiger partial charge in [-0.15, -0.1) is 10.2 Å². The number of aromatic nitrogens is 6. The maximum Gasteiger partial charge on any atom is 0.157 e. The van der Waals surface area contributed by atoms with Gasteiger partial charge in [-0.25, -0.2) is 4.98 Å². The van der Waals surface area contributed by atoms with Crippen molar-refractivity contribution < 1.29 is 5.11 Å². The van der Waals surface area contributed by atoms with Crippen molar-refractivity contribution in [3.05, 3.63) is 35.7 Å². The molecule has 4 rings (SSSR count). The van der Waals surface area contributed by atoms with Crippen molar-refractivity contribution in [3.8, 4) is 0 Å². The number of β-amino-alcohol motifs (C(OH)–C–C–N with tert-alkyl or cyclic N) is 1. The van der Waals surface area contributed by atoms with Gasteiger partial charge in [0, 0.05) is 45.2 Å². The highest BCUT2D eigenvalue weighted by molar-refractivity contribution is 5.78. The van der Waals surface area contributed by atoms with Crippen LogP contribution in [-0.4, -0.2) is 58.2 Å². The summed E-state index contributed by atoms with van der Waals surface area (Å²) in [6.07, 6.45) is 5.88. The van der Waals surface area contributed by atoms with Gasteiger partial charge in [0.15, 0.2) is 5.65 Å². The first kappa shape index (κ1) is 17.1. The van der Waals surface area contributed by atoms with Gasteiger partial charge in [0.05, 0.1) is 11.3 Å². The molecule has 1 saturated heterocycles. The van der Waals surface area contributed by atoms with Crippen LogP contribution in [0.3, 0.4) is 0 Å². The molecule has 0 aromatic carbocycles. The van der Waals surface area contributed by atoms with Gasteiger partial charge >= 0.3 is 0 Å². The lowest BCUT2D eigenvalue weighted by Crippen LogP contribution is -2.49. The number of fused-ring (bicyclic) bond motifs is 1. The summed E-state index contributed by atoms with van der Waals surface area (Å²) >= 11 is 0. The predicted molar refractivity (Wildman–Crippen MR) is 97.4 cm³/mol. The molecule has 1 aliphatic rings. The first-order valence-corrected chi connectivity index (χ1v) is 8.99. The van der Waals surface area contributed by atoms with Crippen LogP contribution in [0.1, 0.15) is 29.9 Å². The molecule has 1 atom stereocenters. The van der Waals surface area contributed by atoms with Gasteiger partial charge in [-0.3, -0.25) is 9.58 Å². The number of aryl methyl sites for hydroxylation is 3. The second kappa shape index (κ2) is 6.44. The second-order valence-electron chi connectivity index (χ2n) is 7.50. The highest BCUT2D eigenvalue weighted by Gasteiger charge is 2.34. The lowest BCUT2D eigenvalue weighted by molar-refractivity contribution is -0.0344. The number of rotatable bonds is 4. The van der Waals surface area contributed by atoms with Gasteiger partial charge in [0.2, 0.25) is 0 Å². The van der Waals surface area contributed by atoms with Crippen LogP contribution in [0.15, 0.2) is 18.6 Å². The van der Waals surface area contributed by atoms with E-state index in [-0.39, 0.29) is 0 Å². The van der Waals surface area contributed by atoms with Crippen molar-refractivity contribution >= 4 is 11.0 Å². The molecular formula is C18H25N7O. The molecule has 0 radical (unpaired) electrons. The number of hydrogen-bond donors (Lipinski definition) is 1. The van der Waals surface area contributed by atoms with Gasteiger partial charge < -0.3 is 9.67 Å². The van der Waals surface area contributed by atoms with Crippen molar-refractivity contribution in [2.45, 2.75) is 38.3 Å². The van der Waals surface area contributed by atoms with Crippen molar-refractivity contribution in [2.75, 3.05) is 13.1 Å². The van der Waals surface area contributed by atoms with Crippen molar-refractivity contribution in [1.29, 1.82) is 0 Å². The molecule has 1 N–H and O–H groups in total. The molecule has 0 saturated carbocycles. The molecule has 26 heavy (non-hydrogen) atoms. The molecule has 1 unspecified atom stereocenters. The maximum atomic E-state index is 11.1. The predicted octanol–water partition coefficient (Wildman–Crippen LogP) is 0.975. The smallest absolute Gasteiger partial charge is 0.157 e. The molecule has 0 bridgehead atoms. The largest absolute Gasteiger partial charge is 0.388 e. The van der Waals surface area contributed by atoms with E-state index >= 15 is 0 Å². The summed E-state index contributed by atoms with van der Waals surface area (Å²) in [4.78, 5) is 6.87. The fourth-order valence-corrected chi connectivity index (χ4v) is 3.94. The highest BCUT2D eigenvalue weighted by atomic mass is 16.3. The number of aliphatic hydroxyl groups is 1. The lowest BCUT2D eigenvalue weighted by atomic mass is 9.89. The molecule has 4 heterocycles. The molecule has 8 nitrogen and oxygen atoms in total. The van der Waals surface area contributed by atoms with Crippen molar-refractivity contribution in [1.82, 2.24) is 34.4 Å². The fraction of sp³-hybridized carbons (Fsp3) is 0.556. The second-order valence-corrected chi connectivity index (χ2v) is 7.50. The third-order valence-electron chi connectivity index (χ3n) is 5.25. The van der Waals surface area contributed by atoms with Crippen LogP contribution in [0.4, 0.5) is 0 Å². The van der Waals surface area contributed by atoms with Crippen LogP contribution in [-0.2, 0) is 27.1 Å². The third kappa shape index (κ3) is 3.22. The summed E-state index contributed by atoms with van der Waals surface area (Å²) in [6, 6.07) is 2.17. The number of hydrogen-bond acceptors (Lipinski definition) is 6. The molecule has 8 heteroatoms. The first-order chi connectivity index (χ1) is 12.4. The van der Waals surface area contributed by atoms with E-state index in [4.69, 9.17) is 0 Å². The third-order valence-corrected chi connectivity index (χ3v) is 5.25. The van der Waals surface area contributed by atoms with Gasteiger partial charge in [0.1, 0.15) is 12.2 Å². The minimum Gasteiger partial charge on any atom is -0.388 e. The Bertz CT molecular complexity index is 931. The Labute approximate surface area is 152 Å². The molecule has 3 aromatic heterocycles. The van der Waals surface area contributed by atoms with Gasteiger partial charge in [0.25, 0.3) is 0 Å². The summed E-state index contributed by atoms with van der Waals surface area (Å²) in [5.74, 6) is 0.823. The van der Waals surface area contributed by atoms with Crippen LogP contribution in [0.5, 0.6) is 0 Å². The topological polar surface area (TPSA) is 84.9 Å². The van der Waals surface area contributed by atoms with E-state index in [1.54, 1.807) is 6.33 Å². The monoisotopic (exact) mass is 355 g/mol. The summed E-state index contributed by atoms with van der Waals surface area (Å²) < 4.78 is 3.69. The molecule has 0 amide bonds. The SMILES string of the molecule is Cc1nn(C)c2ncc(CN3CCCC(O)(Cc4nncn4C)C3)cc12. The molecule has 0 spiro atoms. The van der Waals surface area contributed by atoms with Crippen molar-refractivity contribution in [2.24, 2.45) is 14.1 Å². The quantitative estimate of drug-likeness (QED) is 0.751. The minimum atomic E-state index is -0.763. The molecule has 0 aliphatic carbocycles. The zero-order valence-corrected chi connectivity index (χ0v) is 15.6. The standard InChI is InChI=1S/C18H25N7O/c1-13-15-7-14(9-19-17(15)24(3)22-13)10-25-6-4-5-18(26,11-25)8-16-21-20-12-23(16)2/h7,9,12,26H,4-6,8,10-11H2,1-3H3. The summed E-state index contributed by atoms with van der Waals surface area (Å²) in [7, 11) is 3.83. The van der Waals surface area contributed by atoms with E-state index in [9.17, 15) is 5.11 Å².